The van der Waals surface area contributed by atoms with Gasteiger partial charge in [0.05, 0.1) is 42.7 Å². The molecule has 2 aliphatic rings. The van der Waals surface area contributed by atoms with Gasteiger partial charge in [0.2, 0.25) is 12.3 Å². The van der Waals surface area contributed by atoms with Crippen LogP contribution < -0.4 is 5.32 Å². The van der Waals surface area contributed by atoms with Crippen LogP contribution in [0.25, 0.3) is 22.5 Å². The molecule has 1 aliphatic heterocycles. The summed E-state index contributed by atoms with van der Waals surface area (Å²) in [5.74, 6) is 1.83. The van der Waals surface area contributed by atoms with E-state index in [-0.39, 0.29) is 24.5 Å². The Balaban J connectivity index is 1.13. The van der Waals surface area contributed by atoms with Crippen molar-refractivity contribution >= 4 is 12.3 Å². The predicted octanol–water partition coefficient (Wildman–Crippen LogP) is 4.93. The van der Waals surface area contributed by atoms with Crippen LogP contribution in [0.2, 0.25) is 0 Å². The third-order valence-corrected chi connectivity index (χ3v) is 8.03. The Morgan fingerprint density at radius 3 is 2.32 bits per heavy atom. The molecule has 2 fully saturated rings. The summed E-state index contributed by atoms with van der Waals surface area (Å²) in [6.45, 7) is 2.07. The fraction of sp³-hybridized carbons (Fsp3) is 0.333. The van der Waals surface area contributed by atoms with Gasteiger partial charge in [0.25, 0.3) is 0 Å². The first kappa shape index (κ1) is 24.2. The lowest BCUT2D eigenvalue weighted by atomic mass is 9.95. The highest BCUT2D eigenvalue weighted by atomic mass is 16.2. The van der Waals surface area contributed by atoms with E-state index < -0.39 is 0 Å². The fourth-order valence-electron chi connectivity index (χ4n) is 5.92. The number of piperidine rings is 1. The Bertz CT molecular complexity index is 1390. The van der Waals surface area contributed by atoms with Crippen LogP contribution in [0.5, 0.6) is 0 Å². The highest BCUT2D eigenvalue weighted by Gasteiger charge is 2.39. The summed E-state index contributed by atoms with van der Waals surface area (Å²) in [5, 5.41) is 2.50. The number of carbonyl (C=O) groups is 2. The van der Waals surface area contributed by atoms with Gasteiger partial charge >= 0.3 is 0 Å². The molecule has 1 saturated carbocycles. The second-order valence-corrected chi connectivity index (χ2v) is 10.4. The summed E-state index contributed by atoms with van der Waals surface area (Å²) in [6, 6.07) is 17.6. The number of likely N-dealkylation sites (tertiary alicyclic amines) is 1. The molecule has 3 heterocycles. The molecule has 8 nitrogen and oxygen atoms in total. The molecular weight excluding hydrogens is 476 g/mol. The van der Waals surface area contributed by atoms with Crippen LogP contribution in [-0.4, -0.2) is 49.7 Å². The summed E-state index contributed by atoms with van der Waals surface area (Å²) in [5.41, 5.74) is 6.96. The number of hydrogen-bond acceptors (Lipinski definition) is 4. The van der Waals surface area contributed by atoms with E-state index in [1.165, 1.54) is 17.5 Å². The number of hydrogen-bond donors (Lipinski definition) is 3. The van der Waals surface area contributed by atoms with Gasteiger partial charge in [-0.25, -0.2) is 9.97 Å². The van der Waals surface area contributed by atoms with E-state index in [0.717, 1.165) is 47.6 Å². The Kier molecular flexibility index (Phi) is 6.54. The minimum Gasteiger partial charge on any atom is -0.350 e. The van der Waals surface area contributed by atoms with Gasteiger partial charge < -0.3 is 20.2 Å². The number of H-pyrrole nitrogens is 2. The van der Waals surface area contributed by atoms with E-state index in [9.17, 15) is 9.59 Å². The SMILES string of the molecule is CC1CCC[C@@H](c2ncc(-c3ccc([C@H]4C[C@H]4c4ccc(-c5cnc[nH]5)cc4)cc3)[nH]2)N1C(=O)CNC=O. The number of carbonyl (C=O) groups excluding carboxylic acids is 2. The van der Waals surface area contributed by atoms with E-state index in [1.807, 2.05) is 17.3 Å². The van der Waals surface area contributed by atoms with Crippen molar-refractivity contribution in [1.29, 1.82) is 0 Å². The van der Waals surface area contributed by atoms with E-state index >= 15 is 0 Å². The summed E-state index contributed by atoms with van der Waals surface area (Å²) in [6.07, 6.45) is 9.99. The average Bonchev–Trinajstić information content (AvgIpc) is 3.31. The topological polar surface area (TPSA) is 107 Å². The number of nitrogens with zero attached hydrogens (tertiary/aromatic N) is 3. The van der Waals surface area contributed by atoms with Crippen molar-refractivity contribution in [2.75, 3.05) is 6.54 Å². The third-order valence-electron chi connectivity index (χ3n) is 8.03. The first-order valence-corrected chi connectivity index (χ1v) is 13.3. The monoisotopic (exact) mass is 508 g/mol. The molecule has 3 N–H and O–H groups in total. The first-order valence-electron chi connectivity index (χ1n) is 13.3. The smallest absolute Gasteiger partial charge is 0.242 e. The fourth-order valence-corrected chi connectivity index (χ4v) is 5.92. The number of nitrogens with one attached hydrogen (secondary N) is 3. The molecule has 0 radical (unpaired) electrons. The summed E-state index contributed by atoms with van der Waals surface area (Å²) >= 11 is 0. The number of aromatic amines is 2. The Morgan fingerprint density at radius 1 is 1.00 bits per heavy atom. The van der Waals surface area contributed by atoms with Gasteiger partial charge in [-0.1, -0.05) is 48.5 Å². The highest BCUT2D eigenvalue weighted by molar-refractivity contribution is 5.80. The number of benzene rings is 2. The minimum absolute atomic E-state index is 0.00985. The van der Waals surface area contributed by atoms with Crippen molar-refractivity contribution in [2.45, 2.75) is 56.5 Å². The molecule has 6 rings (SSSR count). The third kappa shape index (κ3) is 4.74. The van der Waals surface area contributed by atoms with Gasteiger partial charge in [-0.05, 0) is 66.7 Å². The van der Waals surface area contributed by atoms with Crippen LogP contribution in [0.4, 0.5) is 0 Å². The second-order valence-electron chi connectivity index (χ2n) is 10.4. The normalized spacial score (nSPS) is 22.7. The zero-order valence-corrected chi connectivity index (χ0v) is 21.4. The van der Waals surface area contributed by atoms with Crippen molar-refractivity contribution in [3.05, 3.63) is 84.2 Å². The van der Waals surface area contributed by atoms with Gasteiger partial charge in [-0.15, -0.1) is 0 Å². The van der Waals surface area contributed by atoms with Crippen molar-refractivity contribution in [3.63, 3.8) is 0 Å². The molecular formula is C30H32N6O2. The maximum Gasteiger partial charge on any atom is 0.242 e. The van der Waals surface area contributed by atoms with E-state index in [0.29, 0.717) is 18.2 Å². The molecule has 1 saturated heterocycles. The molecule has 2 aromatic heterocycles. The van der Waals surface area contributed by atoms with Crippen molar-refractivity contribution < 1.29 is 9.59 Å². The lowest BCUT2D eigenvalue weighted by Crippen LogP contribution is -2.47. The number of imidazole rings is 2. The Hall–Kier alpha value is -4.20. The van der Waals surface area contributed by atoms with Crippen LogP contribution in [0.3, 0.4) is 0 Å². The molecule has 8 heteroatoms. The largest absolute Gasteiger partial charge is 0.350 e. The van der Waals surface area contributed by atoms with Gasteiger partial charge in [0.15, 0.2) is 0 Å². The van der Waals surface area contributed by atoms with Gasteiger partial charge in [0.1, 0.15) is 5.82 Å². The maximum atomic E-state index is 12.8. The molecule has 2 amide bonds. The quantitative estimate of drug-likeness (QED) is 0.294. The van der Waals surface area contributed by atoms with Gasteiger partial charge in [-0.3, -0.25) is 9.59 Å². The van der Waals surface area contributed by atoms with E-state index in [2.05, 4.69) is 80.7 Å². The first-order chi connectivity index (χ1) is 18.6. The van der Waals surface area contributed by atoms with Crippen LogP contribution in [-0.2, 0) is 9.59 Å². The standard InChI is InChI=1S/C30H32N6O2/c1-19-3-2-4-28(36(19)29(38)16-32-18-37)30-33-15-27(35-30)23-11-7-21(8-12-23)25-13-24(25)20-5-9-22(10-6-20)26-14-31-17-34-26/h5-12,14-15,17-19,24-25,28H,2-4,13,16H2,1H3,(H,31,34)(H,32,37)(H,33,35)/t19?,24-,25+,28-/m0/s1. The highest BCUT2D eigenvalue weighted by Crippen LogP contribution is 2.54. The number of rotatable bonds is 8. The second kappa shape index (κ2) is 10.3. The zero-order chi connectivity index (χ0) is 26.1. The molecule has 1 aliphatic carbocycles. The molecule has 4 atom stereocenters. The van der Waals surface area contributed by atoms with Gasteiger partial charge in [0, 0.05) is 6.04 Å². The molecule has 0 bridgehead atoms. The van der Waals surface area contributed by atoms with Crippen molar-refractivity contribution in [1.82, 2.24) is 30.2 Å². The number of amides is 2. The maximum absolute atomic E-state index is 12.8. The van der Waals surface area contributed by atoms with Crippen LogP contribution in [0.1, 0.15) is 67.4 Å². The molecule has 1 unspecified atom stereocenters. The summed E-state index contributed by atoms with van der Waals surface area (Å²) < 4.78 is 0. The zero-order valence-electron chi connectivity index (χ0n) is 21.4. The van der Waals surface area contributed by atoms with E-state index in [4.69, 9.17) is 0 Å². The Labute approximate surface area is 221 Å². The molecule has 194 valence electrons. The lowest BCUT2D eigenvalue weighted by molar-refractivity contribution is -0.138. The minimum atomic E-state index is -0.111. The predicted molar refractivity (Wildman–Crippen MR) is 145 cm³/mol. The van der Waals surface area contributed by atoms with E-state index in [1.54, 1.807) is 6.33 Å². The average molecular weight is 509 g/mol. The van der Waals surface area contributed by atoms with Crippen LogP contribution in [0, 0.1) is 0 Å². The lowest BCUT2D eigenvalue weighted by Gasteiger charge is -2.39. The van der Waals surface area contributed by atoms with Gasteiger partial charge in [-0.2, -0.15) is 0 Å². The van der Waals surface area contributed by atoms with Crippen LogP contribution >= 0.6 is 0 Å². The van der Waals surface area contributed by atoms with Crippen molar-refractivity contribution in [3.8, 4) is 22.5 Å². The molecule has 0 spiro atoms. The molecule has 4 aromatic rings. The van der Waals surface area contributed by atoms with Crippen molar-refractivity contribution in [2.24, 2.45) is 0 Å². The number of aromatic nitrogens is 4. The molecule has 38 heavy (non-hydrogen) atoms. The summed E-state index contributed by atoms with van der Waals surface area (Å²) in [4.78, 5) is 40.8. The summed E-state index contributed by atoms with van der Waals surface area (Å²) in [7, 11) is 0. The van der Waals surface area contributed by atoms with Crippen LogP contribution in [0.15, 0.2) is 67.3 Å². The Morgan fingerprint density at radius 2 is 1.68 bits per heavy atom. The molecule has 2 aromatic carbocycles.